The molecule has 2 fully saturated rings. The van der Waals surface area contributed by atoms with Gasteiger partial charge in [-0.3, -0.25) is 4.79 Å². The number of anilines is 1. The number of aryl methyl sites for hydroxylation is 1. The monoisotopic (exact) mass is 331 g/mol. The van der Waals surface area contributed by atoms with E-state index in [4.69, 9.17) is 0 Å². The van der Waals surface area contributed by atoms with Gasteiger partial charge in [-0.2, -0.15) is 11.8 Å². The summed E-state index contributed by atoms with van der Waals surface area (Å²) in [5.41, 5.74) is 0.942. The van der Waals surface area contributed by atoms with Gasteiger partial charge >= 0.3 is 0 Å². The van der Waals surface area contributed by atoms with Gasteiger partial charge in [0.25, 0.3) is 0 Å². The number of hydrogen-bond acceptors (Lipinski definition) is 5. The average molecular weight is 331 g/mol. The Balaban J connectivity index is 1.52. The van der Waals surface area contributed by atoms with Crippen LogP contribution in [0.1, 0.15) is 6.42 Å². The molecule has 1 unspecified atom stereocenters. The standard InChI is InChI=1S/C16H21N5OS/c1-19-4-3-13-14(19)17-11-18-15(13)21-5-2-12(10-21)16(22)20-6-8-23-9-7-20/h3-4,11-12H,2,5-10H2,1H3. The maximum atomic E-state index is 12.7. The molecule has 4 rings (SSSR count). The van der Waals surface area contributed by atoms with Crippen LogP contribution in [-0.4, -0.2) is 63.0 Å². The second-order valence-electron chi connectivity index (χ2n) is 6.23. The van der Waals surface area contributed by atoms with Gasteiger partial charge in [-0.25, -0.2) is 9.97 Å². The van der Waals surface area contributed by atoms with Gasteiger partial charge in [-0.15, -0.1) is 0 Å². The summed E-state index contributed by atoms with van der Waals surface area (Å²) >= 11 is 1.94. The van der Waals surface area contributed by atoms with Crippen molar-refractivity contribution in [1.82, 2.24) is 19.4 Å². The summed E-state index contributed by atoms with van der Waals surface area (Å²) in [6.07, 6.45) is 4.54. The lowest BCUT2D eigenvalue weighted by molar-refractivity contribution is -0.134. The van der Waals surface area contributed by atoms with Crippen LogP contribution in [0.5, 0.6) is 0 Å². The van der Waals surface area contributed by atoms with Crippen LogP contribution in [0, 0.1) is 5.92 Å². The molecule has 2 aliphatic rings. The minimum Gasteiger partial charge on any atom is -0.355 e. The molecule has 2 aliphatic heterocycles. The molecule has 1 atom stereocenters. The van der Waals surface area contributed by atoms with E-state index in [1.54, 1.807) is 6.33 Å². The molecule has 0 saturated carbocycles. The molecule has 23 heavy (non-hydrogen) atoms. The van der Waals surface area contributed by atoms with Gasteiger partial charge in [0.15, 0.2) is 0 Å². The van der Waals surface area contributed by atoms with E-state index in [9.17, 15) is 4.79 Å². The van der Waals surface area contributed by atoms with E-state index in [2.05, 4.69) is 20.9 Å². The molecule has 122 valence electrons. The molecular formula is C16H21N5OS. The molecule has 2 saturated heterocycles. The average Bonchev–Trinajstić information content (AvgIpc) is 3.22. The number of amides is 1. The van der Waals surface area contributed by atoms with Crippen LogP contribution in [0.4, 0.5) is 5.82 Å². The highest BCUT2D eigenvalue weighted by atomic mass is 32.2. The molecule has 1 amide bonds. The van der Waals surface area contributed by atoms with Gasteiger partial charge in [0.1, 0.15) is 17.8 Å². The maximum Gasteiger partial charge on any atom is 0.227 e. The molecule has 2 aromatic rings. The SMILES string of the molecule is Cn1ccc2c(N3CCC(C(=O)N4CCSCC4)C3)ncnc21. The van der Waals surface area contributed by atoms with Gasteiger partial charge in [0, 0.05) is 50.9 Å². The number of nitrogens with zero attached hydrogens (tertiary/aromatic N) is 5. The van der Waals surface area contributed by atoms with Crippen molar-refractivity contribution in [3.8, 4) is 0 Å². The lowest BCUT2D eigenvalue weighted by Gasteiger charge is -2.29. The zero-order valence-electron chi connectivity index (χ0n) is 13.3. The lowest BCUT2D eigenvalue weighted by Crippen LogP contribution is -2.42. The molecule has 0 spiro atoms. The highest BCUT2D eigenvalue weighted by Crippen LogP contribution is 2.29. The van der Waals surface area contributed by atoms with Crippen molar-refractivity contribution in [3.63, 3.8) is 0 Å². The first-order valence-corrected chi connectivity index (χ1v) is 9.27. The Morgan fingerprint density at radius 1 is 1.26 bits per heavy atom. The molecule has 0 bridgehead atoms. The summed E-state index contributed by atoms with van der Waals surface area (Å²) in [6.45, 7) is 3.45. The van der Waals surface area contributed by atoms with Gasteiger partial charge in [0.05, 0.1) is 11.3 Å². The Morgan fingerprint density at radius 2 is 2.09 bits per heavy atom. The largest absolute Gasteiger partial charge is 0.355 e. The first-order chi connectivity index (χ1) is 11.2. The number of carbonyl (C=O) groups is 1. The smallest absolute Gasteiger partial charge is 0.227 e. The molecule has 0 aliphatic carbocycles. The Labute approximate surface area is 139 Å². The van der Waals surface area contributed by atoms with E-state index < -0.39 is 0 Å². The fourth-order valence-corrected chi connectivity index (χ4v) is 4.42. The molecule has 4 heterocycles. The third-order valence-corrected chi connectivity index (χ3v) is 5.74. The van der Waals surface area contributed by atoms with Crippen LogP contribution in [0.2, 0.25) is 0 Å². The molecule has 7 heteroatoms. The Hall–Kier alpha value is -1.76. The van der Waals surface area contributed by atoms with Crippen LogP contribution in [0.25, 0.3) is 11.0 Å². The van der Waals surface area contributed by atoms with E-state index in [0.29, 0.717) is 5.91 Å². The van der Waals surface area contributed by atoms with E-state index >= 15 is 0 Å². The molecular weight excluding hydrogens is 310 g/mol. The second-order valence-corrected chi connectivity index (χ2v) is 7.46. The third-order valence-electron chi connectivity index (χ3n) is 4.80. The van der Waals surface area contributed by atoms with Gasteiger partial charge in [-0.05, 0) is 12.5 Å². The Bertz CT molecular complexity index is 724. The zero-order chi connectivity index (χ0) is 15.8. The first-order valence-electron chi connectivity index (χ1n) is 8.11. The van der Waals surface area contributed by atoms with Gasteiger partial charge in [0.2, 0.25) is 5.91 Å². The molecule has 0 aromatic carbocycles. The fraction of sp³-hybridized carbons (Fsp3) is 0.562. The molecule has 0 radical (unpaired) electrons. The summed E-state index contributed by atoms with van der Waals surface area (Å²) < 4.78 is 2.00. The van der Waals surface area contributed by atoms with Gasteiger partial charge < -0.3 is 14.4 Å². The number of hydrogen-bond donors (Lipinski definition) is 0. The first kappa shape index (κ1) is 14.8. The number of rotatable bonds is 2. The maximum absolute atomic E-state index is 12.7. The quantitative estimate of drug-likeness (QED) is 0.832. The number of aromatic nitrogens is 3. The zero-order valence-corrected chi connectivity index (χ0v) is 14.1. The highest BCUT2D eigenvalue weighted by Gasteiger charge is 2.33. The van der Waals surface area contributed by atoms with E-state index in [1.807, 2.05) is 34.5 Å². The van der Waals surface area contributed by atoms with Crippen LogP contribution in [-0.2, 0) is 11.8 Å². The van der Waals surface area contributed by atoms with Crippen LogP contribution < -0.4 is 4.90 Å². The van der Waals surface area contributed by atoms with Crippen molar-refractivity contribution >= 4 is 34.5 Å². The molecule has 0 N–H and O–H groups in total. The molecule has 2 aromatic heterocycles. The van der Waals surface area contributed by atoms with Crippen LogP contribution in [0.15, 0.2) is 18.6 Å². The minimum atomic E-state index is 0.104. The van der Waals surface area contributed by atoms with Crippen LogP contribution in [0.3, 0.4) is 0 Å². The van der Waals surface area contributed by atoms with Crippen molar-refractivity contribution in [2.24, 2.45) is 13.0 Å². The summed E-state index contributed by atoms with van der Waals surface area (Å²) in [5.74, 6) is 3.52. The van der Waals surface area contributed by atoms with Crippen molar-refractivity contribution in [3.05, 3.63) is 18.6 Å². The predicted octanol–water partition coefficient (Wildman–Crippen LogP) is 1.37. The van der Waals surface area contributed by atoms with Crippen LogP contribution >= 0.6 is 11.8 Å². The number of carbonyl (C=O) groups excluding carboxylic acids is 1. The van der Waals surface area contributed by atoms with E-state index in [-0.39, 0.29) is 5.92 Å². The van der Waals surface area contributed by atoms with Crippen molar-refractivity contribution < 1.29 is 4.79 Å². The van der Waals surface area contributed by atoms with Crippen molar-refractivity contribution in [2.75, 3.05) is 42.6 Å². The van der Waals surface area contributed by atoms with Gasteiger partial charge in [-0.1, -0.05) is 0 Å². The normalized spacial score (nSPS) is 22.0. The fourth-order valence-electron chi connectivity index (χ4n) is 3.51. The lowest BCUT2D eigenvalue weighted by atomic mass is 10.1. The summed E-state index contributed by atoms with van der Waals surface area (Å²) in [6, 6.07) is 2.06. The topological polar surface area (TPSA) is 54.3 Å². The summed E-state index contributed by atoms with van der Waals surface area (Å²) in [4.78, 5) is 25.8. The number of thioether (sulfide) groups is 1. The Morgan fingerprint density at radius 3 is 2.91 bits per heavy atom. The van der Waals surface area contributed by atoms with Crippen molar-refractivity contribution in [1.29, 1.82) is 0 Å². The second kappa shape index (κ2) is 6.03. The number of fused-ring (bicyclic) bond motifs is 1. The summed E-state index contributed by atoms with van der Waals surface area (Å²) in [7, 11) is 1.99. The molecule has 6 nitrogen and oxygen atoms in total. The van der Waals surface area contributed by atoms with Crippen molar-refractivity contribution in [2.45, 2.75) is 6.42 Å². The third kappa shape index (κ3) is 2.67. The van der Waals surface area contributed by atoms with E-state index in [0.717, 1.165) is 61.0 Å². The van der Waals surface area contributed by atoms with E-state index in [1.165, 1.54) is 0 Å². The Kier molecular flexibility index (Phi) is 3.88. The summed E-state index contributed by atoms with van der Waals surface area (Å²) in [5, 5.41) is 1.07. The minimum absolute atomic E-state index is 0.104. The predicted molar refractivity (Wildman–Crippen MR) is 92.7 cm³/mol. The highest BCUT2D eigenvalue weighted by molar-refractivity contribution is 7.99.